The smallest absolute Gasteiger partial charge is 0.0615 e. The molecule has 0 bridgehead atoms. The molecule has 0 spiro atoms. The van der Waals surface area contributed by atoms with E-state index in [0.29, 0.717) is 5.41 Å². The molecule has 3 saturated carbocycles. The molecule has 1 unspecified atom stereocenters. The van der Waals surface area contributed by atoms with Crippen molar-refractivity contribution >= 4 is 0 Å². The van der Waals surface area contributed by atoms with Crippen molar-refractivity contribution in [1.82, 2.24) is 0 Å². The van der Waals surface area contributed by atoms with Crippen LogP contribution in [0.1, 0.15) is 105 Å². The molecule has 0 radical (unpaired) electrons. The molecule has 0 aromatic heterocycles. The van der Waals surface area contributed by atoms with Gasteiger partial charge in [-0.25, -0.2) is 0 Å². The molecule has 0 heterocycles. The third kappa shape index (κ3) is 4.05. The fourth-order valence-corrected chi connectivity index (χ4v) is 9.21. The Kier molecular flexibility index (Phi) is 6.72. The fourth-order valence-electron chi connectivity index (χ4n) is 9.21. The largest absolute Gasteiger partial charge is 0.392 e. The van der Waals surface area contributed by atoms with E-state index in [-0.39, 0.29) is 17.4 Å². The van der Waals surface area contributed by atoms with Crippen LogP contribution in [-0.4, -0.2) is 11.2 Å². The average molecular weight is 425 g/mol. The van der Waals surface area contributed by atoms with Gasteiger partial charge >= 0.3 is 0 Å². The highest BCUT2D eigenvalue weighted by molar-refractivity contribution is 5.26. The summed E-state index contributed by atoms with van der Waals surface area (Å²) in [5.41, 5.74) is 2.38. The molecular formula is C30H48O. The average Bonchev–Trinajstić information content (AvgIpc) is 3.06. The Hall–Kier alpha value is -0.740. The summed E-state index contributed by atoms with van der Waals surface area (Å²) in [6.07, 6.45) is 21.9. The predicted molar refractivity (Wildman–Crippen MR) is 131 cm³/mol. The molecule has 1 nitrogen and oxygen atoms in total. The first-order valence-corrected chi connectivity index (χ1v) is 13.5. The number of hydrogen-bond acceptors (Lipinski definition) is 1. The van der Waals surface area contributed by atoms with Gasteiger partial charge in [-0.3, -0.25) is 0 Å². The Bertz CT molecular complexity index is 712. The molecule has 0 amide bonds. The Morgan fingerprint density at radius 3 is 2.61 bits per heavy atom. The molecule has 31 heavy (non-hydrogen) atoms. The van der Waals surface area contributed by atoms with Gasteiger partial charge < -0.3 is 5.11 Å². The summed E-state index contributed by atoms with van der Waals surface area (Å²) in [4.78, 5) is 0. The topological polar surface area (TPSA) is 20.2 Å². The zero-order chi connectivity index (χ0) is 22.4. The molecule has 1 N–H and O–H groups in total. The summed E-state index contributed by atoms with van der Waals surface area (Å²) >= 11 is 0. The number of hydrogen-bond donors (Lipinski definition) is 1. The minimum atomic E-state index is -0.233. The van der Waals surface area contributed by atoms with Gasteiger partial charge in [0.2, 0.25) is 0 Å². The Morgan fingerprint density at radius 2 is 1.90 bits per heavy atom. The summed E-state index contributed by atoms with van der Waals surface area (Å²) in [6, 6.07) is 0. The Balaban J connectivity index is 1.51. The van der Waals surface area contributed by atoms with Crippen molar-refractivity contribution in [3.8, 4) is 12.3 Å². The van der Waals surface area contributed by atoms with Gasteiger partial charge in [0.15, 0.2) is 0 Å². The monoisotopic (exact) mass is 424 g/mol. The maximum atomic E-state index is 10.7. The quantitative estimate of drug-likeness (QED) is 0.343. The van der Waals surface area contributed by atoms with Crippen LogP contribution in [0.3, 0.4) is 0 Å². The van der Waals surface area contributed by atoms with E-state index in [9.17, 15) is 5.11 Å². The van der Waals surface area contributed by atoms with Crippen molar-refractivity contribution in [2.24, 2.45) is 52.3 Å². The van der Waals surface area contributed by atoms with Gasteiger partial charge in [-0.05, 0) is 97.2 Å². The lowest BCUT2D eigenvalue weighted by Crippen LogP contribution is -2.52. The molecule has 0 aromatic rings. The molecule has 0 aliphatic heterocycles. The predicted octanol–water partition coefficient (Wildman–Crippen LogP) is 7.64. The molecular weight excluding hydrogens is 376 g/mol. The van der Waals surface area contributed by atoms with Gasteiger partial charge in [-0.15, -0.1) is 12.3 Å². The highest BCUT2D eigenvalue weighted by atomic mass is 16.3. The van der Waals surface area contributed by atoms with Crippen molar-refractivity contribution < 1.29 is 5.11 Å². The first kappa shape index (κ1) is 23.4. The minimum absolute atomic E-state index is 0.233. The normalized spacial score (nSPS) is 45.3. The van der Waals surface area contributed by atoms with E-state index in [0.717, 1.165) is 54.8 Å². The van der Waals surface area contributed by atoms with Crippen LogP contribution in [0.25, 0.3) is 0 Å². The van der Waals surface area contributed by atoms with E-state index in [2.05, 4.69) is 46.6 Å². The van der Waals surface area contributed by atoms with E-state index in [1.54, 1.807) is 5.57 Å². The molecule has 3 fully saturated rings. The number of aliphatic hydroxyl groups excluding tert-OH is 1. The number of rotatable bonds is 6. The zero-order valence-corrected chi connectivity index (χ0v) is 21.0. The van der Waals surface area contributed by atoms with E-state index < -0.39 is 0 Å². The Morgan fingerprint density at radius 1 is 1.13 bits per heavy atom. The molecule has 1 heteroatoms. The van der Waals surface area contributed by atoms with Crippen LogP contribution in [0.4, 0.5) is 0 Å². The molecule has 0 saturated heterocycles. The lowest BCUT2D eigenvalue weighted by molar-refractivity contribution is -0.0684. The second-order valence-electron chi connectivity index (χ2n) is 12.9. The van der Waals surface area contributed by atoms with Crippen molar-refractivity contribution in [3.63, 3.8) is 0 Å². The van der Waals surface area contributed by atoms with Crippen LogP contribution in [0.5, 0.6) is 0 Å². The van der Waals surface area contributed by atoms with Gasteiger partial charge in [0.1, 0.15) is 0 Å². The van der Waals surface area contributed by atoms with Gasteiger partial charge in [0.25, 0.3) is 0 Å². The van der Waals surface area contributed by atoms with Gasteiger partial charge in [0, 0.05) is 6.42 Å². The number of allylic oxidation sites excluding steroid dienone is 1. The molecule has 4 rings (SSSR count). The van der Waals surface area contributed by atoms with Gasteiger partial charge in [-0.2, -0.15) is 0 Å². The minimum Gasteiger partial charge on any atom is -0.392 e. The highest BCUT2D eigenvalue weighted by Gasteiger charge is 2.59. The molecule has 4 aliphatic rings. The van der Waals surface area contributed by atoms with Crippen LogP contribution < -0.4 is 0 Å². The summed E-state index contributed by atoms with van der Waals surface area (Å²) in [5.74, 6) is 8.33. The van der Waals surface area contributed by atoms with E-state index >= 15 is 0 Å². The van der Waals surface area contributed by atoms with Crippen LogP contribution in [0.15, 0.2) is 11.6 Å². The third-order valence-electron chi connectivity index (χ3n) is 10.9. The fraction of sp³-hybridized carbons (Fsp3) is 0.867. The Labute approximate surface area is 192 Å². The zero-order valence-electron chi connectivity index (χ0n) is 21.0. The van der Waals surface area contributed by atoms with Crippen LogP contribution in [-0.2, 0) is 0 Å². The van der Waals surface area contributed by atoms with E-state index in [1.807, 2.05) is 0 Å². The standard InChI is InChI=1S/C30H48O/c1-7-9-22-19-30(6)23(18-28(22)31)12-13-24-26-15-14-25(21(4)11-8-10-20(2)3)29(26,5)17-16-27(24)30/h1,12,20-22,24-28,31H,8-11,13-19H2,2-6H3/t21-,22?,24+,25-,26+,27+,28+,29-,30+/m1/s1. The van der Waals surface area contributed by atoms with Gasteiger partial charge in [-0.1, -0.05) is 65.5 Å². The summed E-state index contributed by atoms with van der Waals surface area (Å²) in [6.45, 7) is 12.5. The first-order valence-electron chi connectivity index (χ1n) is 13.5. The lowest BCUT2D eigenvalue weighted by atomic mass is 9.46. The molecule has 0 aromatic carbocycles. The van der Waals surface area contributed by atoms with Crippen LogP contribution in [0, 0.1) is 64.6 Å². The second kappa shape index (κ2) is 8.89. The molecule has 9 atom stereocenters. The SMILES string of the molecule is C#CCC1C[C@@]2(C)C(=CC[C@H]3[C@@H]4CC[C@H]([C@H](C)CCCC(C)C)[C@@]4(C)CC[C@@H]32)C[C@@H]1O. The summed E-state index contributed by atoms with van der Waals surface area (Å²) in [5, 5.41) is 10.7. The first-order chi connectivity index (χ1) is 14.7. The van der Waals surface area contributed by atoms with E-state index in [4.69, 9.17) is 6.42 Å². The number of terminal acetylenes is 1. The summed E-state index contributed by atoms with van der Waals surface area (Å²) < 4.78 is 0. The van der Waals surface area contributed by atoms with Gasteiger partial charge in [0.05, 0.1) is 6.10 Å². The highest BCUT2D eigenvalue weighted by Crippen LogP contribution is 2.67. The van der Waals surface area contributed by atoms with Crippen molar-refractivity contribution in [2.45, 2.75) is 111 Å². The van der Waals surface area contributed by atoms with E-state index in [1.165, 1.54) is 51.4 Å². The number of aliphatic hydroxyl groups is 1. The van der Waals surface area contributed by atoms with Crippen LogP contribution >= 0.6 is 0 Å². The second-order valence-corrected chi connectivity index (χ2v) is 12.9. The lowest BCUT2D eigenvalue weighted by Gasteiger charge is -2.59. The van der Waals surface area contributed by atoms with Crippen molar-refractivity contribution in [2.75, 3.05) is 0 Å². The molecule has 4 aliphatic carbocycles. The maximum absolute atomic E-state index is 10.7. The van der Waals surface area contributed by atoms with Crippen molar-refractivity contribution in [3.05, 3.63) is 11.6 Å². The third-order valence-corrected chi connectivity index (χ3v) is 10.9. The summed E-state index contributed by atoms with van der Waals surface area (Å²) in [7, 11) is 0. The molecule has 174 valence electrons. The van der Waals surface area contributed by atoms with Crippen LogP contribution in [0.2, 0.25) is 0 Å². The maximum Gasteiger partial charge on any atom is 0.0615 e. The number of fused-ring (bicyclic) bond motifs is 5. The van der Waals surface area contributed by atoms with Crippen molar-refractivity contribution in [1.29, 1.82) is 0 Å².